The lowest BCUT2D eigenvalue weighted by Gasteiger charge is -2.10. The number of pyridine rings is 2. The molecule has 0 aliphatic carbocycles. The number of phenolic OH excluding ortho intramolecular Hbond substituents is 1. The van der Waals surface area contributed by atoms with Crippen LogP contribution in [0.2, 0.25) is 5.02 Å². The third-order valence-electron chi connectivity index (χ3n) is 2.96. The van der Waals surface area contributed by atoms with E-state index in [1.807, 2.05) is 36.4 Å². The van der Waals surface area contributed by atoms with Crippen LogP contribution in [0, 0.1) is 0 Å². The molecule has 0 bridgehead atoms. The summed E-state index contributed by atoms with van der Waals surface area (Å²) in [5, 5.41) is 11.0. The molecular formula is C16H11ClN2O. The normalized spacial score (nSPS) is 10.4. The quantitative estimate of drug-likeness (QED) is 0.767. The van der Waals surface area contributed by atoms with E-state index in [1.54, 1.807) is 24.5 Å². The summed E-state index contributed by atoms with van der Waals surface area (Å²) in [6.45, 7) is 0. The van der Waals surface area contributed by atoms with Crippen molar-refractivity contribution >= 4 is 11.6 Å². The highest BCUT2D eigenvalue weighted by Crippen LogP contribution is 2.38. The van der Waals surface area contributed by atoms with E-state index in [1.165, 1.54) is 0 Å². The molecule has 0 unspecified atom stereocenters. The van der Waals surface area contributed by atoms with Gasteiger partial charge in [0.1, 0.15) is 5.75 Å². The molecule has 3 aromatic rings. The zero-order chi connectivity index (χ0) is 13.9. The van der Waals surface area contributed by atoms with Crippen molar-refractivity contribution in [3.8, 4) is 28.3 Å². The second-order valence-corrected chi connectivity index (χ2v) is 4.72. The molecule has 20 heavy (non-hydrogen) atoms. The van der Waals surface area contributed by atoms with Crippen LogP contribution in [0.3, 0.4) is 0 Å². The van der Waals surface area contributed by atoms with E-state index < -0.39 is 0 Å². The van der Waals surface area contributed by atoms with Crippen molar-refractivity contribution in [3.63, 3.8) is 0 Å². The van der Waals surface area contributed by atoms with Crippen molar-refractivity contribution in [2.45, 2.75) is 0 Å². The first kappa shape index (κ1) is 12.6. The van der Waals surface area contributed by atoms with Gasteiger partial charge in [-0.05, 0) is 36.4 Å². The Labute approximate surface area is 121 Å². The SMILES string of the molecule is Oc1c(-c2ccccn2)cc(Cl)cc1-c1ccccn1. The van der Waals surface area contributed by atoms with Gasteiger partial charge in [0, 0.05) is 28.5 Å². The first-order valence-corrected chi connectivity index (χ1v) is 6.49. The monoisotopic (exact) mass is 282 g/mol. The Hall–Kier alpha value is -2.39. The molecule has 3 rings (SSSR count). The molecule has 1 N–H and O–H groups in total. The van der Waals surface area contributed by atoms with Crippen LogP contribution in [-0.4, -0.2) is 15.1 Å². The molecular weight excluding hydrogens is 272 g/mol. The van der Waals surface area contributed by atoms with Crippen molar-refractivity contribution in [1.29, 1.82) is 0 Å². The molecule has 98 valence electrons. The molecule has 0 fully saturated rings. The molecule has 0 radical (unpaired) electrons. The number of rotatable bonds is 2. The van der Waals surface area contributed by atoms with Gasteiger partial charge in [0.05, 0.1) is 11.4 Å². The summed E-state index contributed by atoms with van der Waals surface area (Å²) < 4.78 is 0. The third-order valence-corrected chi connectivity index (χ3v) is 3.17. The minimum atomic E-state index is 0.131. The number of phenols is 1. The van der Waals surface area contributed by atoms with Crippen LogP contribution in [0.25, 0.3) is 22.5 Å². The van der Waals surface area contributed by atoms with Crippen LogP contribution in [0.4, 0.5) is 0 Å². The molecule has 2 aromatic heterocycles. The fraction of sp³-hybridized carbons (Fsp3) is 0. The molecule has 0 aliphatic rings. The summed E-state index contributed by atoms with van der Waals surface area (Å²) in [6, 6.07) is 14.4. The lowest BCUT2D eigenvalue weighted by atomic mass is 10.0. The van der Waals surface area contributed by atoms with Crippen molar-refractivity contribution in [1.82, 2.24) is 9.97 Å². The molecule has 4 heteroatoms. The highest BCUT2D eigenvalue weighted by atomic mass is 35.5. The number of benzene rings is 1. The van der Waals surface area contributed by atoms with Crippen LogP contribution in [0.1, 0.15) is 0 Å². The van der Waals surface area contributed by atoms with Crippen LogP contribution in [0.15, 0.2) is 60.9 Å². The van der Waals surface area contributed by atoms with Crippen molar-refractivity contribution in [2.75, 3.05) is 0 Å². The summed E-state index contributed by atoms with van der Waals surface area (Å²) in [4.78, 5) is 8.49. The maximum Gasteiger partial charge on any atom is 0.134 e. The predicted octanol–water partition coefficient (Wildman–Crippen LogP) is 4.17. The lowest BCUT2D eigenvalue weighted by molar-refractivity contribution is 0.479. The van der Waals surface area contributed by atoms with Crippen LogP contribution >= 0.6 is 11.6 Å². The molecule has 0 saturated heterocycles. The second-order valence-electron chi connectivity index (χ2n) is 4.28. The highest BCUT2D eigenvalue weighted by molar-refractivity contribution is 6.31. The number of hydrogen-bond acceptors (Lipinski definition) is 3. The minimum Gasteiger partial charge on any atom is -0.507 e. The van der Waals surface area contributed by atoms with E-state index in [4.69, 9.17) is 11.6 Å². The van der Waals surface area contributed by atoms with Crippen LogP contribution in [-0.2, 0) is 0 Å². The highest BCUT2D eigenvalue weighted by Gasteiger charge is 2.14. The van der Waals surface area contributed by atoms with E-state index in [2.05, 4.69) is 9.97 Å². The summed E-state index contributed by atoms with van der Waals surface area (Å²) >= 11 is 6.16. The van der Waals surface area contributed by atoms with Crippen molar-refractivity contribution in [3.05, 3.63) is 65.9 Å². The van der Waals surface area contributed by atoms with Gasteiger partial charge in [0.25, 0.3) is 0 Å². The predicted molar refractivity (Wildman–Crippen MR) is 79.6 cm³/mol. The van der Waals surface area contributed by atoms with E-state index in [0.717, 1.165) is 0 Å². The van der Waals surface area contributed by atoms with E-state index in [9.17, 15) is 5.11 Å². The third kappa shape index (κ3) is 2.36. The fourth-order valence-electron chi connectivity index (χ4n) is 2.03. The van der Waals surface area contributed by atoms with E-state index >= 15 is 0 Å². The van der Waals surface area contributed by atoms with Crippen LogP contribution < -0.4 is 0 Å². The van der Waals surface area contributed by atoms with Gasteiger partial charge in [-0.15, -0.1) is 0 Å². The number of hydrogen-bond donors (Lipinski definition) is 1. The largest absolute Gasteiger partial charge is 0.507 e. The second kappa shape index (κ2) is 5.31. The van der Waals surface area contributed by atoms with Gasteiger partial charge >= 0.3 is 0 Å². The Bertz CT molecular complexity index is 669. The van der Waals surface area contributed by atoms with Gasteiger partial charge in [0.15, 0.2) is 0 Å². The first-order valence-electron chi connectivity index (χ1n) is 6.11. The Morgan fingerprint density at radius 2 is 1.30 bits per heavy atom. The van der Waals surface area contributed by atoms with Crippen molar-refractivity contribution < 1.29 is 5.11 Å². The summed E-state index contributed by atoms with van der Waals surface area (Å²) in [5.74, 6) is 0.131. The van der Waals surface area contributed by atoms with E-state index in [0.29, 0.717) is 27.5 Å². The Kier molecular flexibility index (Phi) is 3.35. The zero-order valence-corrected chi connectivity index (χ0v) is 11.2. The number of nitrogens with zero attached hydrogens (tertiary/aromatic N) is 2. The number of halogens is 1. The molecule has 2 heterocycles. The lowest BCUT2D eigenvalue weighted by Crippen LogP contribution is -1.88. The van der Waals surface area contributed by atoms with Gasteiger partial charge in [-0.2, -0.15) is 0 Å². The Morgan fingerprint density at radius 3 is 1.70 bits per heavy atom. The topological polar surface area (TPSA) is 46.0 Å². The maximum absolute atomic E-state index is 10.5. The van der Waals surface area contributed by atoms with Crippen molar-refractivity contribution in [2.24, 2.45) is 0 Å². The standard InChI is InChI=1S/C16H11ClN2O/c17-11-9-12(14-5-1-3-7-18-14)16(20)13(10-11)15-6-2-4-8-19-15/h1-10,20H. The van der Waals surface area contributed by atoms with Gasteiger partial charge in [-0.1, -0.05) is 23.7 Å². The van der Waals surface area contributed by atoms with Crippen LogP contribution in [0.5, 0.6) is 5.75 Å². The zero-order valence-electron chi connectivity index (χ0n) is 10.5. The first-order chi connectivity index (χ1) is 9.75. The number of aromatic hydroxyl groups is 1. The Morgan fingerprint density at radius 1 is 0.800 bits per heavy atom. The smallest absolute Gasteiger partial charge is 0.134 e. The molecule has 3 nitrogen and oxygen atoms in total. The summed E-state index contributed by atoms with van der Waals surface area (Å²) in [6.07, 6.45) is 3.35. The molecule has 0 saturated carbocycles. The molecule has 0 atom stereocenters. The Balaban J connectivity index is 2.22. The average Bonchev–Trinajstić information content (AvgIpc) is 2.51. The van der Waals surface area contributed by atoms with E-state index in [-0.39, 0.29) is 5.75 Å². The summed E-state index contributed by atoms with van der Waals surface area (Å²) in [7, 11) is 0. The molecule has 1 aromatic carbocycles. The van der Waals surface area contributed by atoms with Gasteiger partial charge in [-0.25, -0.2) is 0 Å². The molecule has 0 aliphatic heterocycles. The summed E-state index contributed by atoms with van der Waals surface area (Å²) in [5.41, 5.74) is 2.53. The minimum absolute atomic E-state index is 0.131. The van der Waals surface area contributed by atoms with Gasteiger partial charge in [-0.3, -0.25) is 9.97 Å². The maximum atomic E-state index is 10.5. The van der Waals surface area contributed by atoms with Gasteiger partial charge in [0.2, 0.25) is 0 Å². The fourth-order valence-corrected chi connectivity index (χ4v) is 2.25. The molecule has 0 amide bonds. The number of aromatic nitrogens is 2. The average molecular weight is 283 g/mol. The van der Waals surface area contributed by atoms with Gasteiger partial charge < -0.3 is 5.11 Å². The molecule has 0 spiro atoms.